The first-order valence-electron chi connectivity index (χ1n) is 15.3. The Balaban J connectivity index is 1.47. The Bertz CT molecular complexity index is 1870. The Morgan fingerprint density at radius 1 is 1.11 bits per heavy atom. The highest BCUT2D eigenvalue weighted by Crippen LogP contribution is 2.52. The number of carbonyl (C=O) groups is 1. The molecular formula is C32H31Cl3F3N5O3S. The van der Waals surface area contributed by atoms with Gasteiger partial charge < -0.3 is 14.5 Å². The Labute approximate surface area is 288 Å². The second kappa shape index (κ2) is 12.1. The minimum atomic E-state index is -4.80. The first kappa shape index (κ1) is 33.0. The highest BCUT2D eigenvalue weighted by atomic mass is 35.5. The van der Waals surface area contributed by atoms with Gasteiger partial charge in [0.15, 0.2) is 0 Å². The van der Waals surface area contributed by atoms with E-state index in [0.717, 1.165) is 19.0 Å². The maximum atomic E-state index is 15.1. The molecule has 3 saturated heterocycles. The van der Waals surface area contributed by atoms with E-state index in [1.54, 1.807) is 9.47 Å². The SMILES string of the molecule is C=CC(=O)N1C[C@H](C)N(c2nc(=O)n3c4c(c(-c5cc(Cl)c(Cl)cc5Cl)c(C(F)(F)F)cc24)SC[C@@H]3CN2C[C@@H]3C[C@H]2CO3)C[C@H]1C. The molecule has 4 aliphatic heterocycles. The van der Waals surface area contributed by atoms with Crippen LogP contribution in [0.15, 0.2) is 40.5 Å². The topological polar surface area (TPSA) is 70.9 Å². The van der Waals surface area contributed by atoms with Gasteiger partial charge in [0.2, 0.25) is 5.91 Å². The van der Waals surface area contributed by atoms with E-state index in [1.807, 2.05) is 18.7 Å². The molecule has 15 heteroatoms. The van der Waals surface area contributed by atoms with Crippen molar-refractivity contribution in [3.63, 3.8) is 0 Å². The highest BCUT2D eigenvalue weighted by Gasteiger charge is 2.43. The van der Waals surface area contributed by atoms with E-state index in [9.17, 15) is 9.59 Å². The number of anilines is 1. The minimum absolute atomic E-state index is 0.00458. The Hall–Kier alpha value is -2.48. The van der Waals surface area contributed by atoms with Crippen LogP contribution < -0.4 is 10.6 Å². The molecule has 5 atom stereocenters. The quantitative estimate of drug-likeness (QED) is 0.212. The van der Waals surface area contributed by atoms with Crippen molar-refractivity contribution in [1.29, 1.82) is 0 Å². The molecule has 250 valence electrons. The van der Waals surface area contributed by atoms with Gasteiger partial charge in [0.05, 0.1) is 44.9 Å². The predicted molar refractivity (Wildman–Crippen MR) is 179 cm³/mol. The molecule has 5 heterocycles. The number of hydrogen-bond donors (Lipinski definition) is 0. The number of amides is 1. The molecule has 7 rings (SSSR count). The Morgan fingerprint density at radius 2 is 1.85 bits per heavy atom. The van der Waals surface area contributed by atoms with Gasteiger partial charge in [-0.15, -0.1) is 11.8 Å². The summed E-state index contributed by atoms with van der Waals surface area (Å²) >= 11 is 20.4. The third-order valence-corrected chi connectivity index (χ3v) is 12.0. The zero-order chi connectivity index (χ0) is 33.5. The van der Waals surface area contributed by atoms with Crippen molar-refractivity contribution in [3.8, 4) is 11.1 Å². The summed E-state index contributed by atoms with van der Waals surface area (Å²) in [6, 6.07) is 2.98. The van der Waals surface area contributed by atoms with Crippen molar-refractivity contribution in [3.05, 3.63) is 62.0 Å². The lowest BCUT2D eigenvalue weighted by Gasteiger charge is -2.45. The zero-order valence-electron chi connectivity index (χ0n) is 25.5. The van der Waals surface area contributed by atoms with Crippen LogP contribution >= 0.6 is 46.6 Å². The van der Waals surface area contributed by atoms with Crippen LogP contribution in [0.2, 0.25) is 15.1 Å². The number of piperazine rings is 1. The van der Waals surface area contributed by atoms with Gasteiger partial charge in [-0.3, -0.25) is 14.3 Å². The van der Waals surface area contributed by atoms with Crippen molar-refractivity contribution in [2.45, 2.75) is 61.6 Å². The highest BCUT2D eigenvalue weighted by molar-refractivity contribution is 7.99. The van der Waals surface area contributed by atoms with E-state index in [-0.39, 0.29) is 91.6 Å². The maximum absolute atomic E-state index is 15.1. The summed E-state index contributed by atoms with van der Waals surface area (Å²) in [7, 11) is 0. The van der Waals surface area contributed by atoms with E-state index < -0.39 is 17.4 Å². The van der Waals surface area contributed by atoms with Crippen molar-refractivity contribution in [2.75, 3.05) is 43.4 Å². The molecule has 2 bridgehead atoms. The molecule has 3 fully saturated rings. The number of likely N-dealkylation sites (tertiary alicyclic amines) is 1. The molecule has 2 aromatic carbocycles. The average molecular weight is 729 g/mol. The van der Waals surface area contributed by atoms with Gasteiger partial charge in [-0.2, -0.15) is 18.2 Å². The molecule has 8 nitrogen and oxygen atoms in total. The maximum Gasteiger partial charge on any atom is 0.417 e. The van der Waals surface area contributed by atoms with Gasteiger partial charge in [-0.05, 0) is 44.5 Å². The summed E-state index contributed by atoms with van der Waals surface area (Å²) < 4.78 is 52.7. The first-order valence-corrected chi connectivity index (χ1v) is 17.4. The summed E-state index contributed by atoms with van der Waals surface area (Å²) in [4.78, 5) is 37.3. The van der Waals surface area contributed by atoms with Crippen LogP contribution in [0.4, 0.5) is 19.0 Å². The average Bonchev–Trinajstić information content (AvgIpc) is 3.64. The van der Waals surface area contributed by atoms with Gasteiger partial charge in [0.1, 0.15) is 5.82 Å². The molecule has 0 N–H and O–H groups in total. The van der Waals surface area contributed by atoms with E-state index in [4.69, 9.17) is 39.5 Å². The fourth-order valence-electron chi connectivity index (χ4n) is 7.47. The molecule has 1 amide bonds. The van der Waals surface area contributed by atoms with E-state index >= 15 is 13.2 Å². The number of morpholine rings is 1. The molecule has 4 aliphatic rings. The second-order valence-electron chi connectivity index (χ2n) is 12.7. The molecule has 1 aromatic heterocycles. The summed E-state index contributed by atoms with van der Waals surface area (Å²) in [6.07, 6.45) is -2.49. The molecule has 0 aliphatic carbocycles. The van der Waals surface area contributed by atoms with Crippen LogP contribution in [-0.2, 0) is 15.7 Å². The monoisotopic (exact) mass is 727 g/mol. The lowest BCUT2D eigenvalue weighted by atomic mass is 9.95. The number of fused-ring (bicyclic) bond motifs is 2. The molecule has 47 heavy (non-hydrogen) atoms. The summed E-state index contributed by atoms with van der Waals surface area (Å²) in [5.74, 6) is 0.261. The van der Waals surface area contributed by atoms with Crippen LogP contribution in [0.1, 0.15) is 31.9 Å². The van der Waals surface area contributed by atoms with Gasteiger partial charge in [0.25, 0.3) is 0 Å². The van der Waals surface area contributed by atoms with Crippen molar-refractivity contribution in [1.82, 2.24) is 19.4 Å². The molecule has 0 radical (unpaired) electrons. The number of alkyl halides is 3. The number of benzene rings is 2. The number of rotatable bonds is 5. The normalized spacial score (nSPS) is 26.0. The largest absolute Gasteiger partial charge is 0.417 e. The fourth-order valence-corrected chi connectivity index (χ4v) is 9.43. The summed E-state index contributed by atoms with van der Waals surface area (Å²) in [5, 5.41) is 0.377. The number of carbonyl (C=O) groups excluding carboxylic acids is 1. The number of aromatic nitrogens is 2. The van der Waals surface area contributed by atoms with Gasteiger partial charge >= 0.3 is 11.9 Å². The number of hydrogen-bond acceptors (Lipinski definition) is 7. The van der Waals surface area contributed by atoms with Crippen molar-refractivity contribution < 1.29 is 22.7 Å². The smallest absolute Gasteiger partial charge is 0.375 e. The fraction of sp³-hybridized carbons (Fsp3) is 0.469. The lowest BCUT2D eigenvalue weighted by molar-refractivity contribution is -0.137. The third kappa shape index (κ3) is 5.62. The van der Waals surface area contributed by atoms with E-state index in [1.165, 1.54) is 30.0 Å². The van der Waals surface area contributed by atoms with Gasteiger partial charge in [-0.1, -0.05) is 41.4 Å². The van der Waals surface area contributed by atoms with E-state index in [0.29, 0.717) is 24.4 Å². The molecular weight excluding hydrogens is 698 g/mol. The van der Waals surface area contributed by atoms with Crippen LogP contribution in [-0.4, -0.2) is 88.0 Å². The Kier molecular flexibility index (Phi) is 8.53. The second-order valence-corrected chi connectivity index (χ2v) is 14.9. The number of thioether (sulfide) groups is 1. The van der Waals surface area contributed by atoms with Gasteiger partial charge in [0, 0.05) is 71.5 Å². The zero-order valence-corrected chi connectivity index (χ0v) is 28.6. The number of halogens is 6. The summed E-state index contributed by atoms with van der Waals surface area (Å²) in [5.41, 5.74) is -1.18. The molecule has 0 spiro atoms. The summed E-state index contributed by atoms with van der Waals surface area (Å²) in [6.45, 7) is 9.74. The third-order valence-electron chi connectivity index (χ3n) is 9.69. The minimum Gasteiger partial charge on any atom is -0.375 e. The van der Waals surface area contributed by atoms with Gasteiger partial charge in [-0.25, -0.2) is 4.79 Å². The molecule has 0 unspecified atom stereocenters. The van der Waals surface area contributed by atoms with E-state index in [2.05, 4.69) is 16.5 Å². The standard InChI is InChI=1S/C32H31Cl3F3N5O3S/c1-4-26(44)41-9-16(3)42(10-15(41)2)30-21-6-22(32(36,37)38)27(20-7-24(34)25(35)8-23(20)33)29-28(21)43(31(45)39-30)18(14-47-29)11-40-12-19-5-17(40)13-46-19/h4,6-8,15-19H,1,5,9-14H2,2-3H3/t15-,16+,17+,18+,19+/m1/s1. The van der Waals surface area contributed by atoms with Crippen LogP contribution in [0, 0.1) is 0 Å². The van der Waals surface area contributed by atoms with Crippen LogP contribution in [0.5, 0.6) is 0 Å². The predicted octanol–water partition coefficient (Wildman–Crippen LogP) is 6.77. The number of ether oxygens (including phenoxy) is 1. The van der Waals surface area contributed by atoms with Crippen LogP contribution in [0.25, 0.3) is 22.0 Å². The lowest BCUT2D eigenvalue weighted by Crippen LogP contribution is -2.58. The van der Waals surface area contributed by atoms with Crippen molar-refractivity contribution >= 4 is 69.2 Å². The Morgan fingerprint density at radius 3 is 2.51 bits per heavy atom. The first-order chi connectivity index (χ1) is 22.3. The molecule has 0 saturated carbocycles. The van der Waals surface area contributed by atoms with Crippen LogP contribution in [0.3, 0.4) is 0 Å². The molecule has 3 aromatic rings. The van der Waals surface area contributed by atoms with Crippen molar-refractivity contribution in [2.24, 2.45) is 0 Å². The number of nitrogens with zero attached hydrogens (tertiary/aromatic N) is 5.